The molecule has 0 radical (unpaired) electrons. The van der Waals surface area contributed by atoms with Gasteiger partial charge in [-0.1, -0.05) is 0 Å². The smallest absolute Gasteiger partial charge is 0.275 e. The Labute approximate surface area is 99.2 Å². The van der Waals surface area contributed by atoms with E-state index in [1.807, 2.05) is 11.9 Å². The van der Waals surface area contributed by atoms with Gasteiger partial charge in [0.25, 0.3) is 5.91 Å². The summed E-state index contributed by atoms with van der Waals surface area (Å²) in [7, 11) is 1.92. The van der Waals surface area contributed by atoms with Crippen molar-refractivity contribution >= 4 is 17.6 Å². The van der Waals surface area contributed by atoms with E-state index in [9.17, 15) is 4.79 Å². The van der Waals surface area contributed by atoms with Gasteiger partial charge in [0.2, 0.25) is 0 Å². The largest absolute Gasteiger partial charge is 0.333 e. The van der Waals surface area contributed by atoms with E-state index >= 15 is 0 Å². The molecule has 2 heterocycles. The Morgan fingerprint density at radius 1 is 1.69 bits per heavy atom. The number of piperidine rings is 1. The summed E-state index contributed by atoms with van der Waals surface area (Å²) in [5, 5.41) is 3.14. The van der Waals surface area contributed by atoms with E-state index < -0.39 is 0 Å². The molecule has 1 unspecified atom stereocenters. The molecular weight excluding hydrogens is 224 g/mol. The summed E-state index contributed by atoms with van der Waals surface area (Å²) >= 11 is 1.08. The van der Waals surface area contributed by atoms with Crippen molar-refractivity contribution in [2.24, 2.45) is 0 Å². The first-order valence-corrected chi connectivity index (χ1v) is 6.29. The molecule has 0 saturated carbocycles. The van der Waals surface area contributed by atoms with Crippen LogP contribution in [0.4, 0.5) is 0 Å². The van der Waals surface area contributed by atoms with Crippen LogP contribution in [0, 0.1) is 0 Å². The molecule has 16 heavy (non-hydrogen) atoms. The first-order chi connectivity index (χ1) is 7.83. The van der Waals surface area contributed by atoms with Crippen molar-refractivity contribution in [2.45, 2.75) is 25.3 Å². The lowest BCUT2D eigenvalue weighted by Gasteiger charge is -2.35. The summed E-state index contributed by atoms with van der Waals surface area (Å²) in [5.41, 5.74) is 0.480. The summed E-state index contributed by atoms with van der Waals surface area (Å²) in [6.45, 7) is 1.69. The molecule has 88 valence electrons. The number of amides is 1. The zero-order valence-corrected chi connectivity index (χ0v) is 10.2. The number of hydrogen-bond donors (Lipinski definition) is 1. The van der Waals surface area contributed by atoms with Crippen LogP contribution >= 0.6 is 11.7 Å². The van der Waals surface area contributed by atoms with Crippen molar-refractivity contribution in [3.63, 3.8) is 0 Å². The molecule has 1 aromatic heterocycles. The van der Waals surface area contributed by atoms with Gasteiger partial charge in [-0.2, -0.15) is 8.75 Å². The van der Waals surface area contributed by atoms with Crippen molar-refractivity contribution in [3.8, 4) is 0 Å². The van der Waals surface area contributed by atoms with E-state index in [1.54, 1.807) is 6.20 Å². The SMILES string of the molecule is CNCC1CCCCN1C(=O)c1cnsn1. The molecule has 0 bridgehead atoms. The fourth-order valence-electron chi connectivity index (χ4n) is 2.12. The predicted molar refractivity (Wildman–Crippen MR) is 62.5 cm³/mol. The van der Waals surface area contributed by atoms with Gasteiger partial charge in [-0.25, -0.2) is 0 Å². The fourth-order valence-corrected chi connectivity index (χ4v) is 2.53. The molecule has 0 aliphatic carbocycles. The maximum atomic E-state index is 12.1. The van der Waals surface area contributed by atoms with Crippen LogP contribution in [-0.2, 0) is 0 Å². The summed E-state index contributed by atoms with van der Waals surface area (Å²) in [6.07, 6.45) is 4.91. The lowest BCUT2D eigenvalue weighted by Crippen LogP contribution is -2.48. The zero-order valence-electron chi connectivity index (χ0n) is 9.35. The highest BCUT2D eigenvalue weighted by molar-refractivity contribution is 6.99. The third-order valence-corrected chi connectivity index (χ3v) is 3.39. The maximum Gasteiger partial charge on any atom is 0.275 e. The second kappa shape index (κ2) is 5.36. The maximum absolute atomic E-state index is 12.1. The minimum absolute atomic E-state index is 0.0219. The average molecular weight is 240 g/mol. The van der Waals surface area contributed by atoms with Crippen LogP contribution < -0.4 is 5.32 Å². The lowest BCUT2D eigenvalue weighted by atomic mass is 10.0. The molecule has 1 N–H and O–H groups in total. The van der Waals surface area contributed by atoms with Gasteiger partial charge in [-0.15, -0.1) is 0 Å². The average Bonchev–Trinajstić information content (AvgIpc) is 2.83. The van der Waals surface area contributed by atoms with Gasteiger partial charge in [-0.05, 0) is 26.3 Å². The summed E-state index contributed by atoms with van der Waals surface area (Å²) in [4.78, 5) is 14.1. The second-order valence-corrected chi connectivity index (χ2v) is 4.56. The molecule has 1 aliphatic heterocycles. The van der Waals surface area contributed by atoms with Crippen LogP contribution in [-0.4, -0.2) is 45.7 Å². The van der Waals surface area contributed by atoms with E-state index in [0.29, 0.717) is 11.7 Å². The number of carbonyl (C=O) groups is 1. The first-order valence-electron chi connectivity index (χ1n) is 5.56. The highest BCUT2D eigenvalue weighted by Crippen LogP contribution is 2.18. The van der Waals surface area contributed by atoms with Gasteiger partial charge in [0.15, 0.2) is 5.69 Å². The minimum atomic E-state index is 0.0219. The lowest BCUT2D eigenvalue weighted by molar-refractivity contribution is 0.0610. The Morgan fingerprint density at radius 2 is 2.56 bits per heavy atom. The van der Waals surface area contributed by atoms with Gasteiger partial charge in [0, 0.05) is 19.1 Å². The van der Waals surface area contributed by atoms with Gasteiger partial charge in [0.05, 0.1) is 17.9 Å². The molecule has 6 heteroatoms. The number of nitrogens with one attached hydrogen (secondary N) is 1. The van der Waals surface area contributed by atoms with Crippen molar-refractivity contribution in [3.05, 3.63) is 11.9 Å². The van der Waals surface area contributed by atoms with E-state index in [1.165, 1.54) is 6.42 Å². The summed E-state index contributed by atoms with van der Waals surface area (Å²) < 4.78 is 7.88. The molecule has 0 spiro atoms. The van der Waals surface area contributed by atoms with E-state index in [-0.39, 0.29) is 5.91 Å². The van der Waals surface area contributed by atoms with E-state index in [4.69, 9.17) is 0 Å². The van der Waals surface area contributed by atoms with Crippen molar-refractivity contribution < 1.29 is 4.79 Å². The van der Waals surface area contributed by atoms with Gasteiger partial charge in [-0.3, -0.25) is 4.79 Å². The van der Waals surface area contributed by atoms with Crippen LogP contribution in [0.3, 0.4) is 0 Å². The molecule has 0 aromatic carbocycles. The zero-order chi connectivity index (χ0) is 11.4. The molecule has 5 nitrogen and oxygen atoms in total. The number of likely N-dealkylation sites (N-methyl/N-ethyl adjacent to an activating group) is 1. The number of likely N-dealkylation sites (tertiary alicyclic amines) is 1. The third-order valence-electron chi connectivity index (χ3n) is 2.91. The molecular formula is C10H16N4OS. The van der Waals surface area contributed by atoms with Crippen LogP contribution in [0.5, 0.6) is 0 Å². The number of aromatic nitrogens is 2. The Balaban J connectivity index is 2.08. The monoisotopic (exact) mass is 240 g/mol. The quantitative estimate of drug-likeness (QED) is 0.847. The van der Waals surface area contributed by atoms with Crippen LogP contribution in [0.25, 0.3) is 0 Å². The third kappa shape index (κ3) is 2.38. The second-order valence-electron chi connectivity index (χ2n) is 4.00. The van der Waals surface area contributed by atoms with Gasteiger partial charge in [0.1, 0.15) is 0 Å². The molecule has 1 aromatic rings. The van der Waals surface area contributed by atoms with Crippen molar-refractivity contribution in [2.75, 3.05) is 20.1 Å². The minimum Gasteiger partial charge on any atom is -0.333 e. The number of rotatable bonds is 3. The number of nitrogens with zero attached hydrogens (tertiary/aromatic N) is 3. The summed E-state index contributed by atoms with van der Waals surface area (Å²) in [5.74, 6) is 0.0219. The fraction of sp³-hybridized carbons (Fsp3) is 0.700. The molecule has 1 fully saturated rings. The van der Waals surface area contributed by atoms with E-state index in [0.717, 1.165) is 37.7 Å². The first kappa shape index (κ1) is 11.5. The van der Waals surface area contributed by atoms with Crippen molar-refractivity contribution in [1.82, 2.24) is 19.0 Å². The van der Waals surface area contributed by atoms with Crippen molar-refractivity contribution in [1.29, 1.82) is 0 Å². The topological polar surface area (TPSA) is 58.1 Å². The summed E-state index contributed by atoms with van der Waals surface area (Å²) in [6, 6.07) is 0.299. The Morgan fingerprint density at radius 3 is 3.25 bits per heavy atom. The highest BCUT2D eigenvalue weighted by Gasteiger charge is 2.27. The normalized spacial score (nSPS) is 21.1. The molecule has 1 saturated heterocycles. The Kier molecular flexibility index (Phi) is 3.84. The Hall–Kier alpha value is -1.01. The standard InChI is InChI=1S/C10H16N4OS/c1-11-6-8-4-2-3-5-14(8)10(15)9-7-12-16-13-9/h7-8,11H,2-6H2,1H3. The van der Waals surface area contributed by atoms with Gasteiger partial charge < -0.3 is 10.2 Å². The van der Waals surface area contributed by atoms with Crippen LogP contribution in [0.1, 0.15) is 29.8 Å². The highest BCUT2D eigenvalue weighted by atomic mass is 32.1. The Bertz CT molecular complexity index is 339. The molecule has 1 amide bonds. The van der Waals surface area contributed by atoms with Crippen LogP contribution in [0.15, 0.2) is 6.20 Å². The molecule has 1 atom stereocenters. The van der Waals surface area contributed by atoms with Gasteiger partial charge >= 0.3 is 0 Å². The van der Waals surface area contributed by atoms with Crippen LogP contribution in [0.2, 0.25) is 0 Å². The predicted octanol–water partition coefficient (Wildman–Crippen LogP) is 0.752. The molecule has 2 rings (SSSR count). The molecule has 1 aliphatic rings. The number of hydrogen-bond acceptors (Lipinski definition) is 5. The van der Waals surface area contributed by atoms with E-state index in [2.05, 4.69) is 14.1 Å². The number of carbonyl (C=O) groups excluding carboxylic acids is 1.